The third-order valence-electron chi connectivity index (χ3n) is 3.54. The zero-order valence-electron chi connectivity index (χ0n) is 12.4. The number of rotatable bonds is 5. The average Bonchev–Trinajstić information content (AvgIpc) is 2.48. The molecule has 0 aliphatic heterocycles. The molecule has 2 aromatic carbocycles. The van der Waals surface area contributed by atoms with E-state index in [-0.39, 0.29) is 6.04 Å². The molecule has 2 rings (SSSR count). The smallest absolute Gasteiger partial charge is 0.123 e. The second kappa shape index (κ2) is 7.17. The highest BCUT2D eigenvalue weighted by Crippen LogP contribution is 2.31. The average molecular weight is 324 g/mol. The van der Waals surface area contributed by atoms with Gasteiger partial charge in [-0.3, -0.25) is 0 Å². The molecule has 21 heavy (non-hydrogen) atoms. The minimum Gasteiger partial charge on any atom is -0.496 e. The number of likely N-dealkylation sites (N-methyl/N-ethyl adjacent to an activating group) is 1. The van der Waals surface area contributed by atoms with Crippen LogP contribution in [0, 0.1) is 6.92 Å². The molecule has 4 heteroatoms. The Hall–Kier alpha value is -1.22. The predicted octanol–water partition coefficient (Wildman–Crippen LogP) is 4.81. The van der Waals surface area contributed by atoms with Gasteiger partial charge in [0, 0.05) is 21.7 Å². The SMILES string of the molecule is CNC(Cc1cc(Cl)ccc1Cl)c1ccc(C)cc1OC. The fourth-order valence-corrected chi connectivity index (χ4v) is 2.78. The normalized spacial score (nSPS) is 12.2. The molecule has 0 spiro atoms. The summed E-state index contributed by atoms with van der Waals surface area (Å²) in [6.07, 6.45) is 0.745. The minimum atomic E-state index is 0.108. The zero-order valence-corrected chi connectivity index (χ0v) is 13.9. The molecule has 0 aromatic heterocycles. The Balaban J connectivity index is 2.34. The Morgan fingerprint density at radius 1 is 1.14 bits per heavy atom. The Morgan fingerprint density at radius 3 is 2.57 bits per heavy atom. The van der Waals surface area contributed by atoms with Gasteiger partial charge in [0.2, 0.25) is 0 Å². The molecule has 2 aromatic rings. The van der Waals surface area contributed by atoms with Crippen molar-refractivity contribution in [3.63, 3.8) is 0 Å². The van der Waals surface area contributed by atoms with Gasteiger partial charge in [-0.15, -0.1) is 0 Å². The largest absolute Gasteiger partial charge is 0.496 e. The third-order valence-corrected chi connectivity index (χ3v) is 4.15. The molecule has 0 amide bonds. The van der Waals surface area contributed by atoms with E-state index in [9.17, 15) is 0 Å². The standard InChI is InChI=1S/C17H19Cl2NO/c1-11-4-6-14(17(8-11)21-3)16(20-2)10-12-9-13(18)5-7-15(12)19/h4-9,16,20H,10H2,1-3H3. The number of nitrogens with one attached hydrogen (secondary N) is 1. The Labute approximate surface area is 136 Å². The second-order valence-corrected chi connectivity index (χ2v) is 5.87. The fraction of sp³-hybridized carbons (Fsp3) is 0.294. The van der Waals surface area contributed by atoms with E-state index in [4.69, 9.17) is 27.9 Å². The molecule has 0 fully saturated rings. The molecular weight excluding hydrogens is 305 g/mol. The topological polar surface area (TPSA) is 21.3 Å². The zero-order chi connectivity index (χ0) is 15.4. The highest BCUT2D eigenvalue weighted by atomic mass is 35.5. The van der Waals surface area contributed by atoms with E-state index >= 15 is 0 Å². The van der Waals surface area contributed by atoms with Crippen LogP contribution in [0.1, 0.15) is 22.7 Å². The minimum absolute atomic E-state index is 0.108. The molecule has 0 radical (unpaired) electrons. The van der Waals surface area contributed by atoms with E-state index in [1.807, 2.05) is 25.2 Å². The molecule has 0 aliphatic rings. The number of ether oxygens (including phenoxy) is 1. The van der Waals surface area contributed by atoms with E-state index in [0.717, 1.165) is 28.3 Å². The van der Waals surface area contributed by atoms with Gasteiger partial charge in [0.25, 0.3) is 0 Å². The predicted molar refractivity (Wildman–Crippen MR) is 89.7 cm³/mol. The van der Waals surface area contributed by atoms with E-state index < -0.39 is 0 Å². The van der Waals surface area contributed by atoms with Crippen LogP contribution in [0.4, 0.5) is 0 Å². The highest BCUT2D eigenvalue weighted by molar-refractivity contribution is 6.33. The first-order valence-corrected chi connectivity index (χ1v) is 7.56. The number of methoxy groups -OCH3 is 1. The van der Waals surface area contributed by atoms with Crippen LogP contribution < -0.4 is 10.1 Å². The summed E-state index contributed by atoms with van der Waals surface area (Å²) in [4.78, 5) is 0. The van der Waals surface area contributed by atoms with Gasteiger partial charge in [-0.25, -0.2) is 0 Å². The van der Waals surface area contributed by atoms with Crippen LogP contribution in [0.2, 0.25) is 10.0 Å². The maximum atomic E-state index is 6.27. The molecule has 2 nitrogen and oxygen atoms in total. The van der Waals surface area contributed by atoms with Crippen molar-refractivity contribution in [2.24, 2.45) is 0 Å². The molecule has 0 saturated carbocycles. The van der Waals surface area contributed by atoms with Crippen molar-refractivity contribution in [3.8, 4) is 5.75 Å². The number of hydrogen-bond donors (Lipinski definition) is 1. The van der Waals surface area contributed by atoms with Crippen molar-refractivity contribution in [2.75, 3.05) is 14.2 Å². The summed E-state index contributed by atoms with van der Waals surface area (Å²) in [5.74, 6) is 0.882. The number of aryl methyl sites for hydroxylation is 1. The molecule has 1 atom stereocenters. The van der Waals surface area contributed by atoms with Gasteiger partial charge in [-0.2, -0.15) is 0 Å². The van der Waals surface area contributed by atoms with Crippen molar-refractivity contribution < 1.29 is 4.74 Å². The van der Waals surface area contributed by atoms with Crippen LogP contribution >= 0.6 is 23.2 Å². The summed E-state index contributed by atoms with van der Waals surface area (Å²) in [7, 11) is 3.62. The number of hydrogen-bond acceptors (Lipinski definition) is 2. The van der Waals surface area contributed by atoms with Crippen LogP contribution in [0.5, 0.6) is 5.75 Å². The lowest BCUT2D eigenvalue weighted by Gasteiger charge is -2.20. The van der Waals surface area contributed by atoms with Crippen LogP contribution in [-0.2, 0) is 6.42 Å². The van der Waals surface area contributed by atoms with Crippen molar-refractivity contribution >= 4 is 23.2 Å². The Bertz CT molecular complexity index is 628. The third kappa shape index (κ3) is 3.91. The summed E-state index contributed by atoms with van der Waals surface area (Å²) < 4.78 is 5.50. The first-order valence-electron chi connectivity index (χ1n) is 6.81. The Morgan fingerprint density at radius 2 is 1.90 bits per heavy atom. The van der Waals surface area contributed by atoms with Crippen molar-refractivity contribution in [1.82, 2.24) is 5.32 Å². The summed E-state index contributed by atoms with van der Waals surface area (Å²) in [6.45, 7) is 2.05. The van der Waals surface area contributed by atoms with E-state index in [0.29, 0.717) is 5.02 Å². The van der Waals surface area contributed by atoms with Crippen molar-refractivity contribution in [1.29, 1.82) is 0 Å². The van der Waals surface area contributed by atoms with Crippen molar-refractivity contribution in [2.45, 2.75) is 19.4 Å². The van der Waals surface area contributed by atoms with Gasteiger partial charge in [-0.1, -0.05) is 35.3 Å². The fourth-order valence-electron chi connectivity index (χ4n) is 2.39. The van der Waals surface area contributed by atoms with Crippen LogP contribution in [0.3, 0.4) is 0 Å². The monoisotopic (exact) mass is 323 g/mol. The van der Waals surface area contributed by atoms with Gasteiger partial charge in [0.15, 0.2) is 0 Å². The first-order chi connectivity index (χ1) is 10.0. The maximum Gasteiger partial charge on any atom is 0.123 e. The summed E-state index contributed by atoms with van der Waals surface area (Å²) >= 11 is 12.3. The van der Waals surface area contributed by atoms with Gasteiger partial charge >= 0.3 is 0 Å². The lowest BCUT2D eigenvalue weighted by Crippen LogP contribution is -2.19. The quantitative estimate of drug-likeness (QED) is 0.852. The van der Waals surface area contributed by atoms with Gasteiger partial charge in [-0.05, 0) is 55.8 Å². The van der Waals surface area contributed by atoms with E-state index in [1.54, 1.807) is 13.2 Å². The second-order valence-electron chi connectivity index (χ2n) is 5.03. The maximum absolute atomic E-state index is 6.27. The molecule has 1 N–H and O–H groups in total. The molecule has 0 aliphatic carbocycles. The van der Waals surface area contributed by atoms with E-state index in [2.05, 4.69) is 24.4 Å². The van der Waals surface area contributed by atoms with Crippen LogP contribution in [0.15, 0.2) is 36.4 Å². The summed E-state index contributed by atoms with van der Waals surface area (Å²) in [5.41, 5.74) is 3.30. The summed E-state index contributed by atoms with van der Waals surface area (Å²) in [5, 5.41) is 4.75. The summed E-state index contributed by atoms with van der Waals surface area (Å²) in [6, 6.07) is 11.9. The van der Waals surface area contributed by atoms with Gasteiger partial charge in [0.1, 0.15) is 5.75 Å². The van der Waals surface area contributed by atoms with Gasteiger partial charge in [0.05, 0.1) is 7.11 Å². The van der Waals surface area contributed by atoms with Crippen LogP contribution in [-0.4, -0.2) is 14.2 Å². The molecule has 1 unspecified atom stereocenters. The van der Waals surface area contributed by atoms with Crippen molar-refractivity contribution in [3.05, 3.63) is 63.1 Å². The molecule has 0 bridgehead atoms. The highest BCUT2D eigenvalue weighted by Gasteiger charge is 2.16. The number of halogens is 2. The first kappa shape index (κ1) is 16.2. The van der Waals surface area contributed by atoms with E-state index in [1.165, 1.54) is 5.56 Å². The molecule has 112 valence electrons. The molecule has 0 saturated heterocycles. The molecular formula is C17H19Cl2NO. The lowest BCUT2D eigenvalue weighted by molar-refractivity contribution is 0.401. The van der Waals surface area contributed by atoms with Crippen LogP contribution in [0.25, 0.3) is 0 Å². The Kier molecular flexibility index (Phi) is 5.51. The number of benzene rings is 2. The van der Waals surface area contributed by atoms with Gasteiger partial charge < -0.3 is 10.1 Å². The lowest BCUT2D eigenvalue weighted by atomic mass is 9.97. The molecule has 0 heterocycles.